The van der Waals surface area contributed by atoms with Crippen molar-refractivity contribution in [3.8, 4) is 0 Å². The van der Waals surface area contributed by atoms with Crippen LogP contribution in [0.25, 0.3) is 0 Å². The number of hydrogen-bond donors (Lipinski definition) is 2. The number of thioether (sulfide) groups is 1. The minimum absolute atomic E-state index is 0.768. The molecule has 0 bridgehead atoms. The molecule has 0 saturated carbocycles. The molecular formula is C11H13N3S2. The Morgan fingerprint density at radius 3 is 3.00 bits per heavy atom. The zero-order valence-corrected chi connectivity index (χ0v) is 10.4. The summed E-state index contributed by atoms with van der Waals surface area (Å²) in [6.07, 6.45) is 0. The summed E-state index contributed by atoms with van der Waals surface area (Å²) in [7, 11) is 0. The number of benzene rings is 1. The summed E-state index contributed by atoms with van der Waals surface area (Å²) in [5.74, 6) is 0. The first kappa shape index (κ1) is 11.4. The first-order valence-corrected chi connectivity index (χ1v) is 6.35. The molecule has 0 amide bonds. The molecule has 84 valence electrons. The molecule has 0 unspecified atom stereocenters. The summed E-state index contributed by atoms with van der Waals surface area (Å²) >= 11 is 6.62. The average Bonchev–Trinajstić information content (AvgIpc) is 2.52. The second-order valence-corrected chi connectivity index (χ2v) is 5.01. The molecule has 0 aliphatic carbocycles. The van der Waals surface area contributed by atoms with Crippen LogP contribution in [-0.4, -0.2) is 22.6 Å². The highest BCUT2D eigenvalue weighted by Crippen LogP contribution is 2.07. The second-order valence-electron chi connectivity index (χ2n) is 3.34. The van der Waals surface area contributed by atoms with E-state index in [1.54, 1.807) is 0 Å². The first-order valence-electron chi connectivity index (χ1n) is 5.12. The van der Waals surface area contributed by atoms with E-state index >= 15 is 0 Å². The molecule has 1 aromatic rings. The van der Waals surface area contributed by atoms with Crippen molar-refractivity contribution in [1.29, 1.82) is 0 Å². The number of thiocarbonyl (C=S) groups is 1. The van der Waals surface area contributed by atoms with E-state index in [2.05, 4.69) is 27.8 Å². The van der Waals surface area contributed by atoms with Crippen molar-refractivity contribution in [3.05, 3.63) is 35.9 Å². The minimum atomic E-state index is 0.768. The Bertz CT molecular complexity index is 389. The van der Waals surface area contributed by atoms with Crippen LogP contribution in [0.2, 0.25) is 0 Å². The Hall–Kier alpha value is -1.07. The lowest BCUT2D eigenvalue weighted by Gasteiger charge is -2.07. The van der Waals surface area contributed by atoms with Crippen LogP contribution in [0.5, 0.6) is 0 Å². The smallest absolute Gasteiger partial charge is 0.164 e. The van der Waals surface area contributed by atoms with Gasteiger partial charge in [-0.2, -0.15) is 0 Å². The third-order valence-electron chi connectivity index (χ3n) is 2.11. The first-order chi connectivity index (χ1) is 7.84. The van der Waals surface area contributed by atoms with Gasteiger partial charge in [0, 0.05) is 13.1 Å². The van der Waals surface area contributed by atoms with E-state index in [0.29, 0.717) is 0 Å². The lowest BCUT2D eigenvalue weighted by atomic mass is 10.2. The van der Waals surface area contributed by atoms with E-state index in [1.165, 1.54) is 17.3 Å². The summed E-state index contributed by atoms with van der Waals surface area (Å²) in [6, 6.07) is 10.3. The maximum atomic E-state index is 5.13. The highest BCUT2D eigenvalue weighted by Gasteiger charge is 2.07. The zero-order chi connectivity index (χ0) is 11.2. The normalized spacial score (nSPS) is 16.0. The highest BCUT2D eigenvalue weighted by atomic mass is 32.2. The minimum Gasteiger partial charge on any atom is -0.369 e. The van der Waals surface area contributed by atoms with E-state index in [1.807, 2.05) is 18.2 Å². The van der Waals surface area contributed by atoms with Gasteiger partial charge in [0.1, 0.15) is 4.32 Å². The lowest BCUT2D eigenvalue weighted by Crippen LogP contribution is -2.23. The summed E-state index contributed by atoms with van der Waals surface area (Å²) in [5, 5.41) is 7.31. The molecule has 3 nitrogen and oxygen atoms in total. The molecule has 1 aliphatic rings. The third kappa shape index (κ3) is 3.50. The second kappa shape index (κ2) is 5.86. The van der Waals surface area contributed by atoms with Crippen molar-refractivity contribution >= 4 is 33.5 Å². The van der Waals surface area contributed by atoms with Gasteiger partial charge in [-0.05, 0) is 17.3 Å². The molecule has 2 N–H and O–H groups in total. The number of aliphatic imine (C=N–C) groups is 1. The lowest BCUT2D eigenvalue weighted by molar-refractivity contribution is 0.875. The van der Waals surface area contributed by atoms with E-state index < -0.39 is 0 Å². The molecular weight excluding hydrogens is 238 g/mol. The number of nitrogens with zero attached hydrogens (tertiary/aromatic N) is 1. The monoisotopic (exact) mass is 251 g/mol. The van der Waals surface area contributed by atoms with Gasteiger partial charge < -0.3 is 10.6 Å². The van der Waals surface area contributed by atoms with Crippen molar-refractivity contribution in [2.45, 2.75) is 6.54 Å². The summed E-state index contributed by atoms with van der Waals surface area (Å²) in [4.78, 5) is 4.41. The van der Waals surface area contributed by atoms with Crippen LogP contribution < -0.4 is 10.6 Å². The predicted molar refractivity (Wildman–Crippen MR) is 73.8 cm³/mol. The third-order valence-corrected chi connectivity index (χ3v) is 3.30. The van der Waals surface area contributed by atoms with Gasteiger partial charge in [0.05, 0.1) is 6.54 Å². The SMILES string of the molecule is S=C1NCCN=C(NCc2ccccc2)S1. The van der Waals surface area contributed by atoms with Crippen molar-refractivity contribution in [2.75, 3.05) is 13.1 Å². The van der Waals surface area contributed by atoms with Crippen LogP contribution in [0.3, 0.4) is 0 Å². The van der Waals surface area contributed by atoms with Crippen molar-refractivity contribution in [2.24, 2.45) is 4.99 Å². The number of nitrogens with one attached hydrogen (secondary N) is 2. The zero-order valence-electron chi connectivity index (χ0n) is 8.77. The van der Waals surface area contributed by atoms with E-state index in [0.717, 1.165) is 29.1 Å². The number of rotatable bonds is 2. The Labute approximate surface area is 105 Å². The van der Waals surface area contributed by atoms with Crippen LogP contribution in [0.15, 0.2) is 35.3 Å². The molecule has 0 fully saturated rings. The molecule has 5 heteroatoms. The van der Waals surface area contributed by atoms with Crippen molar-refractivity contribution in [1.82, 2.24) is 10.6 Å². The summed E-state index contributed by atoms with van der Waals surface area (Å²) < 4.78 is 0.789. The Morgan fingerprint density at radius 2 is 2.19 bits per heavy atom. The van der Waals surface area contributed by atoms with Gasteiger partial charge in [0.2, 0.25) is 0 Å². The average molecular weight is 251 g/mol. The molecule has 1 aliphatic heterocycles. The number of amidine groups is 1. The van der Waals surface area contributed by atoms with Gasteiger partial charge in [-0.15, -0.1) is 0 Å². The fourth-order valence-corrected chi connectivity index (χ4v) is 2.33. The fraction of sp³-hybridized carbons (Fsp3) is 0.273. The molecule has 0 radical (unpaired) electrons. The van der Waals surface area contributed by atoms with Gasteiger partial charge in [0.15, 0.2) is 5.17 Å². The Balaban J connectivity index is 1.90. The van der Waals surface area contributed by atoms with Gasteiger partial charge in [0.25, 0.3) is 0 Å². The van der Waals surface area contributed by atoms with Crippen molar-refractivity contribution in [3.63, 3.8) is 0 Å². The quantitative estimate of drug-likeness (QED) is 0.785. The van der Waals surface area contributed by atoms with Crippen LogP contribution in [0, 0.1) is 0 Å². The Morgan fingerprint density at radius 1 is 1.38 bits per heavy atom. The van der Waals surface area contributed by atoms with Gasteiger partial charge >= 0.3 is 0 Å². The maximum absolute atomic E-state index is 5.13. The fourth-order valence-electron chi connectivity index (χ4n) is 1.34. The molecule has 1 aromatic carbocycles. The van der Waals surface area contributed by atoms with Crippen LogP contribution in [0.1, 0.15) is 5.56 Å². The van der Waals surface area contributed by atoms with Gasteiger partial charge in [-0.25, -0.2) is 0 Å². The molecule has 0 saturated heterocycles. The molecule has 1 heterocycles. The number of hydrogen-bond acceptors (Lipinski definition) is 4. The maximum Gasteiger partial charge on any atom is 0.164 e. The van der Waals surface area contributed by atoms with Crippen LogP contribution >= 0.6 is 24.0 Å². The largest absolute Gasteiger partial charge is 0.369 e. The van der Waals surface area contributed by atoms with E-state index in [4.69, 9.17) is 12.2 Å². The molecule has 0 atom stereocenters. The van der Waals surface area contributed by atoms with Gasteiger partial charge in [-0.3, -0.25) is 4.99 Å². The summed E-state index contributed by atoms with van der Waals surface area (Å²) in [5.41, 5.74) is 1.24. The summed E-state index contributed by atoms with van der Waals surface area (Å²) in [6.45, 7) is 2.38. The molecule has 2 rings (SSSR count). The molecule has 0 aromatic heterocycles. The van der Waals surface area contributed by atoms with Crippen LogP contribution in [-0.2, 0) is 6.54 Å². The Kier molecular flexibility index (Phi) is 4.18. The molecule has 16 heavy (non-hydrogen) atoms. The van der Waals surface area contributed by atoms with Crippen LogP contribution in [0.4, 0.5) is 0 Å². The van der Waals surface area contributed by atoms with E-state index in [-0.39, 0.29) is 0 Å². The van der Waals surface area contributed by atoms with Gasteiger partial charge in [-0.1, -0.05) is 42.5 Å². The predicted octanol–water partition coefficient (Wildman–Crippen LogP) is 1.75. The highest BCUT2D eigenvalue weighted by molar-refractivity contribution is 8.32. The standard InChI is InChI=1S/C11H13N3S2/c15-11-13-7-6-12-10(16-11)14-8-9-4-2-1-3-5-9/h1-5H,6-8H2,(H,12,14)(H,13,15). The molecule has 0 spiro atoms. The van der Waals surface area contributed by atoms with E-state index in [9.17, 15) is 0 Å². The topological polar surface area (TPSA) is 36.4 Å². The van der Waals surface area contributed by atoms with Crippen molar-refractivity contribution < 1.29 is 0 Å².